The minimum absolute atomic E-state index is 0.0162. The zero-order valence-electron chi connectivity index (χ0n) is 17.0. The lowest BCUT2D eigenvalue weighted by atomic mass is 9.86. The molecule has 0 bridgehead atoms. The number of hydrogen-bond acceptors (Lipinski definition) is 6. The summed E-state index contributed by atoms with van der Waals surface area (Å²) < 4.78 is 11.6. The molecule has 1 amide bonds. The van der Waals surface area contributed by atoms with Gasteiger partial charge in [0.2, 0.25) is 5.91 Å². The molecule has 3 rings (SSSR count). The summed E-state index contributed by atoms with van der Waals surface area (Å²) in [6.07, 6.45) is 5.21. The summed E-state index contributed by atoms with van der Waals surface area (Å²) in [6, 6.07) is 0.263. The molecule has 2 atom stereocenters. The molecular formula is C20H32N4O3. The topological polar surface area (TPSA) is 90.6 Å². The number of nitrogens with zero attached hydrogens (tertiary/aromatic N) is 3. The van der Waals surface area contributed by atoms with Gasteiger partial charge in [0.25, 0.3) is 0 Å². The van der Waals surface area contributed by atoms with Crippen molar-refractivity contribution in [3.63, 3.8) is 0 Å². The number of nitrogens with two attached hydrogens (primary N) is 1. The monoisotopic (exact) mass is 376 g/mol. The Balaban J connectivity index is 1.71. The van der Waals surface area contributed by atoms with Gasteiger partial charge < -0.3 is 15.2 Å². The van der Waals surface area contributed by atoms with Crippen LogP contribution in [0.4, 0.5) is 11.6 Å². The molecule has 1 aromatic heterocycles. The van der Waals surface area contributed by atoms with Gasteiger partial charge in [-0.2, -0.15) is 9.97 Å². The molecule has 2 N–H and O–H groups in total. The van der Waals surface area contributed by atoms with E-state index in [1.165, 1.54) is 0 Å². The van der Waals surface area contributed by atoms with E-state index < -0.39 is 0 Å². The van der Waals surface area contributed by atoms with Gasteiger partial charge in [0.05, 0.1) is 18.1 Å². The predicted octanol–water partition coefficient (Wildman–Crippen LogP) is 3.11. The molecule has 1 saturated heterocycles. The normalized spacial score (nSPS) is 22.6. The van der Waals surface area contributed by atoms with Crippen molar-refractivity contribution in [2.24, 2.45) is 5.92 Å². The van der Waals surface area contributed by atoms with Crippen LogP contribution in [-0.2, 0) is 16.0 Å². The Kier molecular flexibility index (Phi) is 5.89. The van der Waals surface area contributed by atoms with Crippen LogP contribution < -0.4 is 15.4 Å². The van der Waals surface area contributed by atoms with Crippen LogP contribution in [0.15, 0.2) is 0 Å². The fourth-order valence-electron chi connectivity index (χ4n) is 4.07. The molecule has 7 nitrogen and oxygen atoms in total. The van der Waals surface area contributed by atoms with E-state index in [4.69, 9.17) is 15.2 Å². The standard InChI is InChI=1S/C20H32N4O3/c1-5-6-13(2)27-19-22-17(21)15-11-16(25)24(18(15)23-19)9-7-14-8-10-26-20(3,4)12-14/h13-14H,5-12H2,1-4H3,(H2,21,22,23)/t13-,14?/m0/s1. The first-order chi connectivity index (χ1) is 12.8. The number of ether oxygens (including phenoxy) is 2. The maximum atomic E-state index is 12.6. The highest BCUT2D eigenvalue weighted by Crippen LogP contribution is 2.35. The Bertz CT molecular complexity index is 692. The molecule has 0 aliphatic carbocycles. The average Bonchev–Trinajstić information content (AvgIpc) is 2.88. The summed E-state index contributed by atoms with van der Waals surface area (Å²) in [5, 5.41) is 0. The summed E-state index contributed by atoms with van der Waals surface area (Å²) in [5.41, 5.74) is 6.74. The third-order valence-electron chi connectivity index (χ3n) is 5.44. The average molecular weight is 377 g/mol. The Labute approximate surface area is 161 Å². The molecule has 1 aromatic rings. The predicted molar refractivity (Wildman–Crippen MR) is 105 cm³/mol. The zero-order chi connectivity index (χ0) is 19.6. The van der Waals surface area contributed by atoms with E-state index in [1.54, 1.807) is 4.90 Å². The number of nitrogen functional groups attached to an aromatic ring is 1. The molecule has 1 fully saturated rings. The van der Waals surface area contributed by atoms with Crippen LogP contribution in [-0.4, -0.2) is 40.7 Å². The lowest BCUT2D eigenvalue weighted by Gasteiger charge is -2.36. The second kappa shape index (κ2) is 8.00. The van der Waals surface area contributed by atoms with Gasteiger partial charge in [0.1, 0.15) is 11.6 Å². The second-order valence-electron chi connectivity index (χ2n) is 8.39. The first kappa shape index (κ1) is 19.9. The lowest BCUT2D eigenvalue weighted by molar-refractivity contribution is -0.117. The Hall–Kier alpha value is -1.89. The molecule has 0 radical (unpaired) electrons. The van der Waals surface area contributed by atoms with Gasteiger partial charge in [0, 0.05) is 18.7 Å². The summed E-state index contributed by atoms with van der Waals surface area (Å²) in [5.74, 6) is 1.56. The number of amides is 1. The van der Waals surface area contributed by atoms with Gasteiger partial charge >= 0.3 is 6.01 Å². The largest absolute Gasteiger partial charge is 0.460 e. The van der Waals surface area contributed by atoms with Crippen LogP contribution in [0.5, 0.6) is 6.01 Å². The van der Waals surface area contributed by atoms with Crippen LogP contribution in [0.25, 0.3) is 0 Å². The van der Waals surface area contributed by atoms with Crippen LogP contribution in [0, 0.1) is 5.92 Å². The second-order valence-corrected chi connectivity index (χ2v) is 8.39. The highest BCUT2D eigenvalue weighted by atomic mass is 16.5. The molecule has 150 valence electrons. The van der Waals surface area contributed by atoms with Crippen molar-refractivity contribution in [2.75, 3.05) is 23.8 Å². The fraction of sp³-hybridized carbons (Fsp3) is 0.750. The molecule has 2 aliphatic heterocycles. The van der Waals surface area contributed by atoms with Crippen molar-refractivity contribution in [3.05, 3.63) is 5.56 Å². The molecule has 0 aromatic carbocycles. The van der Waals surface area contributed by atoms with E-state index in [-0.39, 0.29) is 30.0 Å². The number of aromatic nitrogens is 2. The van der Waals surface area contributed by atoms with Gasteiger partial charge in [-0.3, -0.25) is 9.69 Å². The van der Waals surface area contributed by atoms with Crippen molar-refractivity contribution < 1.29 is 14.3 Å². The number of hydrogen-bond donors (Lipinski definition) is 1. The molecule has 2 aliphatic rings. The fourth-order valence-corrected chi connectivity index (χ4v) is 4.07. The summed E-state index contributed by atoms with van der Waals surface area (Å²) >= 11 is 0. The zero-order valence-corrected chi connectivity index (χ0v) is 17.0. The number of carbonyl (C=O) groups excluding carboxylic acids is 1. The van der Waals surface area contributed by atoms with E-state index in [0.717, 1.165) is 44.3 Å². The van der Waals surface area contributed by atoms with Crippen molar-refractivity contribution in [1.29, 1.82) is 0 Å². The first-order valence-corrected chi connectivity index (χ1v) is 10.1. The van der Waals surface area contributed by atoms with E-state index in [2.05, 4.69) is 30.7 Å². The molecule has 27 heavy (non-hydrogen) atoms. The quantitative estimate of drug-likeness (QED) is 0.786. The summed E-state index contributed by atoms with van der Waals surface area (Å²) in [4.78, 5) is 23.1. The van der Waals surface area contributed by atoms with E-state index in [9.17, 15) is 4.79 Å². The third kappa shape index (κ3) is 4.69. The SMILES string of the molecule is CCC[C@H](C)Oc1nc(N)c2c(n1)N(CCC1CCOC(C)(C)C1)C(=O)C2. The van der Waals surface area contributed by atoms with Gasteiger partial charge in [-0.05, 0) is 52.4 Å². The summed E-state index contributed by atoms with van der Waals surface area (Å²) in [6.45, 7) is 9.79. The highest BCUT2D eigenvalue weighted by Gasteiger charge is 2.34. The van der Waals surface area contributed by atoms with Gasteiger partial charge in [0.15, 0.2) is 0 Å². The van der Waals surface area contributed by atoms with Crippen LogP contribution >= 0.6 is 0 Å². The van der Waals surface area contributed by atoms with Gasteiger partial charge in [-0.15, -0.1) is 0 Å². The van der Waals surface area contributed by atoms with Crippen molar-refractivity contribution in [3.8, 4) is 6.01 Å². The molecule has 0 spiro atoms. The molecular weight excluding hydrogens is 344 g/mol. The van der Waals surface area contributed by atoms with Crippen molar-refractivity contribution >= 4 is 17.5 Å². The van der Waals surface area contributed by atoms with E-state index in [0.29, 0.717) is 24.1 Å². The number of carbonyl (C=O) groups is 1. The van der Waals surface area contributed by atoms with Gasteiger partial charge in [-0.1, -0.05) is 13.3 Å². The smallest absolute Gasteiger partial charge is 0.320 e. The van der Waals surface area contributed by atoms with Crippen molar-refractivity contribution in [1.82, 2.24) is 9.97 Å². The van der Waals surface area contributed by atoms with E-state index in [1.807, 2.05) is 6.92 Å². The molecule has 7 heteroatoms. The number of fused-ring (bicyclic) bond motifs is 1. The molecule has 0 saturated carbocycles. The number of rotatable bonds is 7. The Morgan fingerprint density at radius 2 is 2.19 bits per heavy atom. The van der Waals surface area contributed by atoms with E-state index >= 15 is 0 Å². The molecule has 1 unspecified atom stereocenters. The van der Waals surface area contributed by atoms with Crippen molar-refractivity contribution in [2.45, 2.75) is 77.9 Å². The summed E-state index contributed by atoms with van der Waals surface area (Å²) in [7, 11) is 0. The maximum absolute atomic E-state index is 12.6. The number of anilines is 2. The Morgan fingerprint density at radius 1 is 1.41 bits per heavy atom. The minimum Gasteiger partial charge on any atom is -0.460 e. The molecule has 3 heterocycles. The van der Waals surface area contributed by atoms with Gasteiger partial charge in [-0.25, -0.2) is 0 Å². The minimum atomic E-state index is -0.0845. The first-order valence-electron chi connectivity index (χ1n) is 10.1. The van der Waals surface area contributed by atoms with Crippen LogP contribution in [0.2, 0.25) is 0 Å². The third-order valence-corrected chi connectivity index (χ3v) is 5.44. The Morgan fingerprint density at radius 3 is 2.89 bits per heavy atom. The highest BCUT2D eigenvalue weighted by molar-refractivity contribution is 6.01. The maximum Gasteiger partial charge on any atom is 0.320 e. The van der Waals surface area contributed by atoms with Crippen LogP contribution in [0.3, 0.4) is 0 Å². The van der Waals surface area contributed by atoms with Crippen LogP contribution in [0.1, 0.15) is 65.4 Å². The lowest BCUT2D eigenvalue weighted by Crippen LogP contribution is -2.36.